The van der Waals surface area contributed by atoms with Gasteiger partial charge >= 0.3 is 5.97 Å². The van der Waals surface area contributed by atoms with E-state index in [2.05, 4.69) is 21.0 Å². The molecule has 3 rings (SSSR count). The van der Waals surface area contributed by atoms with Gasteiger partial charge in [-0.25, -0.2) is 4.68 Å². The van der Waals surface area contributed by atoms with Crippen LogP contribution in [0.5, 0.6) is 0 Å². The number of morpholine rings is 1. The highest BCUT2D eigenvalue weighted by Crippen LogP contribution is 2.17. The van der Waals surface area contributed by atoms with E-state index in [-0.39, 0.29) is 18.9 Å². The van der Waals surface area contributed by atoms with Crippen LogP contribution in [-0.4, -0.2) is 57.5 Å². The number of carbonyl (C=O) groups is 2. The molecule has 1 fully saturated rings. The minimum atomic E-state index is -0.930. The number of hydrogen-bond acceptors (Lipinski definition) is 4. The number of amides is 1. The maximum absolute atomic E-state index is 12.7. The summed E-state index contributed by atoms with van der Waals surface area (Å²) in [6.07, 6.45) is 2.91. The normalized spacial score (nSPS) is 17.7. The largest absolute Gasteiger partial charge is 0.481 e. The van der Waals surface area contributed by atoms with E-state index >= 15 is 0 Å². The Morgan fingerprint density at radius 3 is 2.96 bits per heavy atom. The van der Waals surface area contributed by atoms with Crippen LogP contribution in [0.2, 0.25) is 0 Å². The number of carboxylic acids is 1. The third-order valence-electron chi connectivity index (χ3n) is 3.74. The average molecular weight is 394 g/mol. The summed E-state index contributed by atoms with van der Waals surface area (Å²) < 4.78 is 7.93. The standard InChI is InChI=1S/C16H16BrN3O4/c17-12-8-18-20(9-12)13-3-1-2-11(6-13)16(23)19-4-5-24-14(10-19)7-15(21)22/h1-3,6,8-9,14H,4-5,7,10H2,(H,21,22)/t14-/m1/s1. The van der Waals surface area contributed by atoms with E-state index in [4.69, 9.17) is 9.84 Å². The highest BCUT2D eigenvalue weighted by atomic mass is 79.9. The van der Waals surface area contributed by atoms with Gasteiger partial charge in [0.1, 0.15) is 0 Å². The first-order valence-corrected chi connectivity index (χ1v) is 8.25. The van der Waals surface area contributed by atoms with Gasteiger partial charge in [-0.3, -0.25) is 9.59 Å². The van der Waals surface area contributed by atoms with Crippen molar-refractivity contribution in [3.05, 3.63) is 46.7 Å². The van der Waals surface area contributed by atoms with Gasteiger partial charge in [-0.15, -0.1) is 0 Å². The van der Waals surface area contributed by atoms with Crippen LogP contribution in [0.1, 0.15) is 16.8 Å². The molecule has 0 saturated carbocycles. The van der Waals surface area contributed by atoms with Gasteiger partial charge in [0.2, 0.25) is 0 Å². The van der Waals surface area contributed by atoms with Crippen LogP contribution >= 0.6 is 15.9 Å². The Hall–Kier alpha value is -2.19. The molecule has 1 saturated heterocycles. The third-order valence-corrected chi connectivity index (χ3v) is 4.15. The van der Waals surface area contributed by atoms with Crippen molar-refractivity contribution in [3.8, 4) is 5.69 Å². The number of carbonyl (C=O) groups excluding carboxylic acids is 1. The first kappa shape index (κ1) is 16.7. The molecule has 1 aliphatic rings. The Morgan fingerprint density at radius 1 is 1.42 bits per heavy atom. The Labute approximate surface area is 147 Å². The predicted molar refractivity (Wildman–Crippen MR) is 89.2 cm³/mol. The van der Waals surface area contributed by atoms with Gasteiger partial charge in [0.05, 0.1) is 35.5 Å². The van der Waals surface area contributed by atoms with E-state index in [9.17, 15) is 9.59 Å². The zero-order chi connectivity index (χ0) is 17.1. The molecule has 2 heterocycles. The number of hydrogen-bond donors (Lipinski definition) is 1. The van der Waals surface area contributed by atoms with Crippen LogP contribution in [0.3, 0.4) is 0 Å². The molecule has 1 aliphatic heterocycles. The summed E-state index contributed by atoms with van der Waals surface area (Å²) in [5.41, 5.74) is 1.32. The molecule has 0 bridgehead atoms. The summed E-state index contributed by atoms with van der Waals surface area (Å²) in [6, 6.07) is 7.17. The van der Waals surface area contributed by atoms with Crippen LogP contribution in [-0.2, 0) is 9.53 Å². The number of aliphatic carboxylic acids is 1. The molecule has 1 aromatic heterocycles. The van der Waals surface area contributed by atoms with Gasteiger partial charge in [-0.05, 0) is 34.1 Å². The number of benzene rings is 1. The van der Waals surface area contributed by atoms with Crippen LogP contribution in [0.4, 0.5) is 0 Å². The topological polar surface area (TPSA) is 84.7 Å². The molecule has 1 aromatic carbocycles. The molecule has 1 atom stereocenters. The summed E-state index contributed by atoms with van der Waals surface area (Å²) >= 11 is 3.35. The fourth-order valence-electron chi connectivity index (χ4n) is 2.63. The van der Waals surface area contributed by atoms with E-state index in [1.165, 1.54) is 0 Å². The van der Waals surface area contributed by atoms with Crippen LogP contribution in [0, 0.1) is 0 Å². The Kier molecular flexibility index (Phi) is 4.96. The predicted octanol–water partition coefficient (Wildman–Crippen LogP) is 1.95. The van der Waals surface area contributed by atoms with Crippen molar-refractivity contribution in [2.24, 2.45) is 0 Å². The maximum Gasteiger partial charge on any atom is 0.306 e. The van der Waals surface area contributed by atoms with Crippen molar-refractivity contribution in [2.75, 3.05) is 19.7 Å². The molecule has 0 unspecified atom stereocenters. The first-order chi connectivity index (χ1) is 11.5. The van der Waals surface area contributed by atoms with Crippen molar-refractivity contribution in [1.29, 1.82) is 0 Å². The van der Waals surface area contributed by atoms with Crippen molar-refractivity contribution >= 4 is 27.8 Å². The molecule has 1 N–H and O–H groups in total. The molecule has 0 aliphatic carbocycles. The molecule has 0 spiro atoms. The zero-order valence-corrected chi connectivity index (χ0v) is 14.3. The zero-order valence-electron chi connectivity index (χ0n) is 12.8. The number of ether oxygens (including phenoxy) is 1. The summed E-state index contributed by atoms with van der Waals surface area (Å²) in [4.78, 5) is 25.2. The molecule has 1 amide bonds. The number of halogens is 1. The lowest BCUT2D eigenvalue weighted by Gasteiger charge is -2.32. The maximum atomic E-state index is 12.7. The summed E-state index contributed by atoms with van der Waals surface area (Å²) in [5, 5.41) is 13.1. The fraction of sp³-hybridized carbons (Fsp3) is 0.312. The molecule has 126 valence electrons. The molecular formula is C16H16BrN3O4. The van der Waals surface area contributed by atoms with Gasteiger partial charge in [-0.1, -0.05) is 6.07 Å². The highest BCUT2D eigenvalue weighted by Gasteiger charge is 2.26. The SMILES string of the molecule is O=C(O)C[C@@H]1CN(C(=O)c2cccc(-n3cc(Br)cn3)c2)CCO1. The number of carboxylic acid groups (broad SMARTS) is 1. The Balaban J connectivity index is 1.76. The molecule has 24 heavy (non-hydrogen) atoms. The minimum absolute atomic E-state index is 0.106. The van der Waals surface area contributed by atoms with Gasteiger partial charge in [0, 0.05) is 24.8 Å². The summed E-state index contributed by atoms with van der Waals surface area (Å²) in [6.45, 7) is 1.07. The smallest absolute Gasteiger partial charge is 0.306 e. The molecule has 8 heteroatoms. The van der Waals surface area contributed by atoms with Crippen molar-refractivity contribution in [2.45, 2.75) is 12.5 Å². The van der Waals surface area contributed by atoms with Crippen LogP contribution in [0.15, 0.2) is 41.1 Å². The molecule has 2 aromatic rings. The lowest BCUT2D eigenvalue weighted by molar-refractivity contribution is -0.141. The van der Waals surface area contributed by atoms with Gasteiger partial charge in [0.15, 0.2) is 0 Å². The van der Waals surface area contributed by atoms with E-state index < -0.39 is 12.1 Å². The Morgan fingerprint density at radius 2 is 2.25 bits per heavy atom. The van der Waals surface area contributed by atoms with Crippen molar-refractivity contribution in [1.82, 2.24) is 14.7 Å². The van der Waals surface area contributed by atoms with Crippen LogP contribution < -0.4 is 0 Å². The second kappa shape index (κ2) is 7.14. The minimum Gasteiger partial charge on any atom is -0.481 e. The Bertz CT molecular complexity index is 761. The highest BCUT2D eigenvalue weighted by molar-refractivity contribution is 9.10. The summed E-state index contributed by atoms with van der Waals surface area (Å²) in [7, 11) is 0. The summed E-state index contributed by atoms with van der Waals surface area (Å²) in [5.74, 6) is -1.07. The molecular weight excluding hydrogens is 378 g/mol. The van der Waals surface area contributed by atoms with E-state index in [0.717, 1.165) is 10.2 Å². The monoisotopic (exact) mass is 393 g/mol. The second-order valence-electron chi connectivity index (χ2n) is 5.50. The quantitative estimate of drug-likeness (QED) is 0.857. The third kappa shape index (κ3) is 3.82. The van der Waals surface area contributed by atoms with Crippen molar-refractivity contribution < 1.29 is 19.4 Å². The number of rotatable bonds is 4. The van der Waals surface area contributed by atoms with E-state index in [1.54, 1.807) is 40.2 Å². The number of aromatic nitrogens is 2. The van der Waals surface area contributed by atoms with E-state index in [1.807, 2.05) is 6.07 Å². The van der Waals surface area contributed by atoms with Crippen LogP contribution in [0.25, 0.3) is 5.69 Å². The van der Waals surface area contributed by atoms with Crippen molar-refractivity contribution in [3.63, 3.8) is 0 Å². The number of nitrogens with zero attached hydrogens (tertiary/aromatic N) is 3. The molecule has 0 radical (unpaired) electrons. The second-order valence-corrected chi connectivity index (χ2v) is 6.41. The van der Waals surface area contributed by atoms with Gasteiger partial charge in [0.25, 0.3) is 5.91 Å². The first-order valence-electron chi connectivity index (χ1n) is 7.46. The lowest BCUT2D eigenvalue weighted by Crippen LogP contribution is -2.46. The van der Waals surface area contributed by atoms with Gasteiger partial charge in [-0.2, -0.15) is 5.10 Å². The lowest BCUT2D eigenvalue weighted by atomic mass is 10.1. The fourth-order valence-corrected chi connectivity index (χ4v) is 2.91. The van der Waals surface area contributed by atoms with E-state index in [0.29, 0.717) is 18.7 Å². The molecule has 7 nitrogen and oxygen atoms in total. The van der Waals surface area contributed by atoms with Gasteiger partial charge < -0.3 is 14.7 Å². The average Bonchev–Trinajstić information content (AvgIpc) is 3.00.